The van der Waals surface area contributed by atoms with Crippen LogP contribution >= 0.6 is 0 Å². The third-order valence-electron chi connectivity index (χ3n) is 4.84. The quantitative estimate of drug-likeness (QED) is 0.495. The molecule has 0 fully saturated rings. The van der Waals surface area contributed by atoms with Crippen LogP contribution in [0, 0.1) is 6.92 Å². The van der Waals surface area contributed by atoms with Crippen molar-refractivity contribution in [3.63, 3.8) is 0 Å². The van der Waals surface area contributed by atoms with Crippen LogP contribution in [0.15, 0.2) is 65.6 Å². The predicted octanol–water partition coefficient (Wildman–Crippen LogP) is 3.71. The largest absolute Gasteiger partial charge is 0.496 e. The first-order valence-corrected chi connectivity index (χ1v) is 11.0. The Morgan fingerprint density at radius 1 is 1.03 bits per heavy atom. The van der Waals surface area contributed by atoms with E-state index < -0.39 is 10.0 Å². The van der Waals surface area contributed by atoms with E-state index in [0.29, 0.717) is 11.5 Å². The summed E-state index contributed by atoms with van der Waals surface area (Å²) < 4.78 is 33.0. The molecule has 0 atom stereocenters. The van der Waals surface area contributed by atoms with E-state index >= 15 is 0 Å². The number of fused-ring (bicyclic) bond motifs is 1. The molecule has 0 radical (unpaired) electrons. The van der Waals surface area contributed by atoms with Gasteiger partial charge >= 0.3 is 0 Å². The number of rotatable bonds is 6. The third-order valence-corrected chi connectivity index (χ3v) is 6.67. The lowest BCUT2D eigenvalue weighted by Crippen LogP contribution is -2.22. The number of nitrogens with one attached hydrogen (secondary N) is 1. The normalized spacial score (nSPS) is 11.8. The average molecular weight is 438 g/mol. The van der Waals surface area contributed by atoms with Crippen molar-refractivity contribution in [1.29, 1.82) is 0 Å². The molecule has 9 heteroatoms. The Morgan fingerprint density at radius 3 is 2.42 bits per heavy atom. The van der Waals surface area contributed by atoms with Crippen LogP contribution in [0.4, 0.5) is 11.5 Å². The molecule has 4 rings (SSSR count). The predicted molar refractivity (Wildman–Crippen MR) is 120 cm³/mol. The summed E-state index contributed by atoms with van der Waals surface area (Å²) in [5.41, 5.74) is 3.85. The maximum atomic E-state index is 12.3. The SMILES string of the molecule is COc1ccccc1-c1cc(Nc2ccc(S(=O)(=O)N(C)C)cc2)n2nc(C)cc2n1. The molecule has 8 nitrogen and oxygen atoms in total. The number of hydrogen-bond acceptors (Lipinski definition) is 6. The van der Waals surface area contributed by atoms with E-state index in [1.54, 1.807) is 35.9 Å². The van der Waals surface area contributed by atoms with Gasteiger partial charge in [0.25, 0.3) is 0 Å². The minimum absolute atomic E-state index is 0.229. The molecule has 0 unspecified atom stereocenters. The Bertz CT molecular complexity index is 1350. The van der Waals surface area contributed by atoms with Crippen molar-refractivity contribution in [2.45, 2.75) is 11.8 Å². The summed E-state index contributed by atoms with van der Waals surface area (Å²) in [6.07, 6.45) is 0. The molecule has 0 aliphatic carbocycles. The lowest BCUT2D eigenvalue weighted by Gasteiger charge is -2.14. The van der Waals surface area contributed by atoms with E-state index in [-0.39, 0.29) is 4.90 Å². The standard InChI is InChI=1S/C22H23N5O3S/c1-15-13-21-24-19(18-7-5-6-8-20(18)30-4)14-22(27(21)25-15)23-16-9-11-17(12-10-16)31(28,29)26(2)3/h5-14,23H,1-4H3. The van der Waals surface area contributed by atoms with Crippen LogP contribution in [-0.2, 0) is 10.0 Å². The highest BCUT2D eigenvalue weighted by atomic mass is 32.2. The first kappa shape index (κ1) is 20.8. The second-order valence-corrected chi connectivity index (χ2v) is 9.37. The van der Waals surface area contributed by atoms with Crippen molar-refractivity contribution in [1.82, 2.24) is 18.9 Å². The molecule has 2 aromatic heterocycles. The summed E-state index contributed by atoms with van der Waals surface area (Å²) in [5, 5.41) is 7.85. The molecule has 0 spiro atoms. The molecule has 0 aliphatic heterocycles. The molecule has 2 aromatic carbocycles. The Morgan fingerprint density at radius 2 is 1.74 bits per heavy atom. The van der Waals surface area contributed by atoms with Gasteiger partial charge in [-0.15, -0.1) is 0 Å². The monoisotopic (exact) mass is 437 g/mol. The van der Waals surface area contributed by atoms with Gasteiger partial charge < -0.3 is 10.1 Å². The zero-order valence-electron chi connectivity index (χ0n) is 17.7. The first-order valence-electron chi connectivity index (χ1n) is 9.60. The van der Waals surface area contributed by atoms with Gasteiger partial charge in [0, 0.05) is 37.5 Å². The smallest absolute Gasteiger partial charge is 0.242 e. The molecule has 4 aromatic rings. The van der Waals surface area contributed by atoms with E-state index in [9.17, 15) is 8.42 Å². The van der Waals surface area contributed by atoms with Gasteiger partial charge in [-0.25, -0.2) is 17.7 Å². The highest BCUT2D eigenvalue weighted by molar-refractivity contribution is 7.89. The van der Waals surface area contributed by atoms with E-state index in [1.807, 2.05) is 43.3 Å². The van der Waals surface area contributed by atoms with E-state index in [2.05, 4.69) is 10.4 Å². The molecular formula is C22H23N5O3S. The molecule has 160 valence electrons. The molecule has 0 amide bonds. The molecule has 0 saturated carbocycles. The van der Waals surface area contributed by atoms with E-state index in [0.717, 1.165) is 28.4 Å². The number of ether oxygens (including phenoxy) is 1. The number of nitrogens with zero attached hydrogens (tertiary/aromatic N) is 4. The van der Waals surface area contributed by atoms with Crippen LogP contribution in [0.25, 0.3) is 16.9 Å². The first-order chi connectivity index (χ1) is 14.8. The summed E-state index contributed by atoms with van der Waals surface area (Å²) in [6, 6.07) is 18.1. The third kappa shape index (κ3) is 3.97. The summed E-state index contributed by atoms with van der Waals surface area (Å²) in [5.74, 6) is 1.42. The summed E-state index contributed by atoms with van der Waals surface area (Å²) in [6.45, 7) is 1.90. The van der Waals surface area contributed by atoms with Gasteiger partial charge in [-0.1, -0.05) is 12.1 Å². The molecule has 2 heterocycles. The zero-order chi connectivity index (χ0) is 22.2. The molecule has 31 heavy (non-hydrogen) atoms. The van der Waals surface area contributed by atoms with Gasteiger partial charge in [-0.2, -0.15) is 9.61 Å². The molecule has 0 saturated heterocycles. The van der Waals surface area contributed by atoms with Gasteiger partial charge in [0.15, 0.2) is 5.65 Å². The highest BCUT2D eigenvalue weighted by Crippen LogP contribution is 2.31. The van der Waals surface area contributed by atoms with Crippen molar-refractivity contribution in [2.75, 3.05) is 26.5 Å². The Hall–Kier alpha value is -3.43. The number of aryl methyl sites for hydroxylation is 1. The number of benzene rings is 2. The van der Waals surface area contributed by atoms with Crippen LogP contribution in [0.2, 0.25) is 0 Å². The van der Waals surface area contributed by atoms with Crippen LogP contribution < -0.4 is 10.1 Å². The van der Waals surface area contributed by atoms with Crippen molar-refractivity contribution in [3.05, 3.63) is 66.4 Å². The minimum Gasteiger partial charge on any atom is -0.496 e. The fourth-order valence-electron chi connectivity index (χ4n) is 3.24. The molecular weight excluding hydrogens is 414 g/mol. The Balaban J connectivity index is 1.77. The number of anilines is 2. The maximum Gasteiger partial charge on any atom is 0.242 e. The Kier molecular flexibility index (Phi) is 5.38. The number of para-hydroxylation sites is 1. The highest BCUT2D eigenvalue weighted by Gasteiger charge is 2.17. The fourth-order valence-corrected chi connectivity index (χ4v) is 4.14. The summed E-state index contributed by atoms with van der Waals surface area (Å²) in [7, 11) is 1.16. The Labute approximate surface area is 181 Å². The van der Waals surface area contributed by atoms with Crippen LogP contribution in [-0.4, -0.2) is 48.5 Å². The number of sulfonamides is 1. The molecule has 1 N–H and O–H groups in total. The van der Waals surface area contributed by atoms with Gasteiger partial charge in [0.05, 0.1) is 23.4 Å². The lowest BCUT2D eigenvalue weighted by atomic mass is 10.1. The molecule has 0 aliphatic rings. The van der Waals surface area contributed by atoms with Crippen molar-refractivity contribution < 1.29 is 13.2 Å². The van der Waals surface area contributed by atoms with Crippen molar-refractivity contribution >= 4 is 27.2 Å². The van der Waals surface area contributed by atoms with Crippen LogP contribution in [0.1, 0.15) is 5.69 Å². The van der Waals surface area contributed by atoms with Crippen LogP contribution in [0.5, 0.6) is 5.75 Å². The van der Waals surface area contributed by atoms with Crippen LogP contribution in [0.3, 0.4) is 0 Å². The average Bonchev–Trinajstić information content (AvgIpc) is 3.14. The van der Waals surface area contributed by atoms with E-state index in [1.165, 1.54) is 18.4 Å². The van der Waals surface area contributed by atoms with Gasteiger partial charge in [0.2, 0.25) is 10.0 Å². The van der Waals surface area contributed by atoms with Gasteiger partial charge in [-0.05, 0) is 43.3 Å². The topological polar surface area (TPSA) is 88.8 Å². The maximum absolute atomic E-state index is 12.3. The summed E-state index contributed by atoms with van der Waals surface area (Å²) >= 11 is 0. The second kappa shape index (κ2) is 8.01. The molecule has 0 bridgehead atoms. The van der Waals surface area contributed by atoms with Crippen molar-refractivity contribution in [3.8, 4) is 17.0 Å². The second-order valence-electron chi connectivity index (χ2n) is 7.22. The van der Waals surface area contributed by atoms with Gasteiger partial charge in [-0.3, -0.25) is 0 Å². The number of aromatic nitrogens is 3. The zero-order valence-corrected chi connectivity index (χ0v) is 18.5. The lowest BCUT2D eigenvalue weighted by molar-refractivity contribution is 0.416. The van der Waals surface area contributed by atoms with Crippen molar-refractivity contribution in [2.24, 2.45) is 0 Å². The van der Waals surface area contributed by atoms with E-state index in [4.69, 9.17) is 9.72 Å². The minimum atomic E-state index is -3.48. The number of hydrogen-bond donors (Lipinski definition) is 1. The summed E-state index contributed by atoms with van der Waals surface area (Å²) in [4.78, 5) is 4.97. The van der Waals surface area contributed by atoms with Gasteiger partial charge in [0.1, 0.15) is 11.6 Å². The fraction of sp³-hybridized carbons (Fsp3) is 0.182. The number of methoxy groups -OCH3 is 1.